The number of hydrogen-bond acceptors (Lipinski definition) is 1. The molecular formula is C36H28O. The van der Waals surface area contributed by atoms with E-state index in [9.17, 15) is 0 Å². The molecule has 0 saturated carbocycles. The Labute approximate surface area is 215 Å². The highest BCUT2D eigenvalue weighted by Gasteiger charge is 2.22. The molecular weight excluding hydrogens is 448 g/mol. The first-order valence-electron chi connectivity index (χ1n) is 13.1. The molecule has 8 aromatic rings. The molecule has 0 aliphatic heterocycles. The second-order valence-electron chi connectivity index (χ2n) is 11.8. The van der Waals surface area contributed by atoms with Gasteiger partial charge < -0.3 is 4.74 Å². The Morgan fingerprint density at radius 2 is 1.00 bits per heavy atom. The Balaban J connectivity index is 1.69. The van der Waals surface area contributed by atoms with Crippen molar-refractivity contribution in [2.75, 3.05) is 7.11 Å². The Morgan fingerprint density at radius 1 is 0.486 bits per heavy atom. The predicted molar refractivity (Wildman–Crippen MR) is 161 cm³/mol. The maximum Gasteiger partial charge on any atom is 0.119 e. The summed E-state index contributed by atoms with van der Waals surface area (Å²) < 4.78 is 5.64. The number of methoxy groups -OCH3 is 1. The molecule has 8 aromatic carbocycles. The average molecular weight is 477 g/mol. The van der Waals surface area contributed by atoms with E-state index in [-0.39, 0.29) is 5.41 Å². The molecule has 0 amide bonds. The van der Waals surface area contributed by atoms with Crippen LogP contribution in [0, 0.1) is 6.92 Å². The summed E-state index contributed by atoms with van der Waals surface area (Å²) >= 11 is 0. The van der Waals surface area contributed by atoms with Gasteiger partial charge in [-0.2, -0.15) is 0 Å². The van der Waals surface area contributed by atoms with Crippen LogP contribution in [0.4, 0.5) is 0 Å². The third-order valence-electron chi connectivity index (χ3n) is 8.62. The number of ether oxygens (including phenoxy) is 1. The van der Waals surface area contributed by atoms with Gasteiger partial charge in [0, 0.05) is 0 Å². The van der Waals surface area contributed by atoms with Crippen LogP contribution < -0.4 is 4.74 Å². The zero-order valence-corrected chi connectivity index (χ0v) is 21.9. The van der Waals surface area contributed by atoms with Crippen LogP contribution in [0.1, 0.15) is 31.9 Å². The quantitative estimate of drug-likeness (QED) is 0.214. The van der Waals surface area contributed by atoms with Gasteiger partial charge in [-0.3, -0.25) is 0 Å². The zero-order valence-electron chi connectivity index (χ0n) is 21.9. The number of benzene rings is 6. The summed E-state index contributed by atoms with van der Waals surface area (Å²) in [6.07, 6.45) is 0. The Kier molecular flexibility index (Phi) is 3.87. The molecule has 0 aliphatic rings. The molecule has 0 atom stereocenters. The molecule has 0 N–H and O–H groups in total. The first-order chi connectivity index (χ1) is 17.8. The van der Waals surface area contributed by atoms with Crippen LogP contribution in [0.2, 0.25) is 0 Å². The van der Waals surface area contributed by atoms with Crippen LogP contribution in [0.3, 0.4) is 0 Å². The predicted octanol–water partition coefficient (Wildman–Crippen LogP) is 10.2. The van der Waals surface area contributed by atoms with E-state index in [1.807, 2.05) is 0 Å². The van der Waals surface area contributed by atoms with E-state index in [2.05, 4.69) is 107 Å². The van der Waals surface area contributed by atoms with E-state index in [4.69, 9.17) is 4.74 Å². The first kappa shape index (κ1) is 21.0. The summed E-state index contributed by atoms with van der Waals surface area (Å²) in [4.78, 5) is 0. The van der Waals surface area contributed by atoms with E-state index in [1.54, 1.807) is 7.11 Å². The highest BCUT2D eigenvalue weighted by molar-refractivity contribution is 6.41. The summed E-state index contributed by atoms with van der Waals surface area (Å²) in [6, 6.07) is 30.1. The smallest absolute Gasteiger partial charge is 0.119 e. The monoisotopic (exact) mass is 476 g/mol. The second-order valence-corrected chi connectivity index (χ2v) is 11.8. The number of aryl methyl sites for hydroxylation is 1. The third kappa shape index (κ3) is 2.64. The highest BCUT2D eigenvalue weighted by atomic mass is 16.5. The molecule has 0 heterocycles. The second kappa shape index (κ2) is 6.81. The van der Waals surface area contributed by atoms with Gasteiger partial charge in [0.1, 0.15) is 5.75 Å². The molecule has 8 rings (SSSR count). The fourth-order valence-electron chi connectivity index (χ4n) is 6.76. The SMILES string of the molecule is COc1ccc2c(c1)c1cc(C(C)(C)C)cc3c4cc5c6ccc(C)cc6c6cccc(c4cc2c13)c65. The van der Waals surface area contributed by atoms with Gasteiger partial charge in [-0.1, -0.05) is 68.8 Å². The van der Waals surface area contributed by atoms with Gasteiger partial charge in [-0.25, -0.2) is 0 Å². The van der Waals surface area contributed by atoms with Crippen molar-refractivity contribution in [3.8, 4) is 5.75 Å². The molecule has 0 aliphatic carbocycles. The van der Waals surface area contributed by atoms with Crippen LogP contribution in [0.25, 0.3) is 75.4 Å². The lowest BCUT2D eigenvalue weighted by Gasteiger charge is -2.21. The van der Waals surface area contributed by atoms with Gasteiger partial charge in [0.05, 0.1) is 7.11 Å². The molecule has 178 valence electrons. The van der Waals surface area contributed by atoms with Gasteiger partial charge in [0.15, 0.2) is 0 Å². The molecule has 0 bridgehead atoms. The molecule has 1 nitrogen and oxygen atoms in total. The van der Waals surface area contributed by atoms with E-state index >= 15 is 0 Å². The van der Waals surface area contributed by atoms with Gasteiger partial charge >= 0.3 is 0 Å². The largest absolute Gasteiger partial charge is 0.497 e. The van der Waals surface area contributed by atoms with Crippen LogP contribution in [-0.4, -0.2) is 7.11 Å². The van der Waals surface area contributed by atoms with Crippen molar-refractivity contribution in [2.45, 2.75) is 33.1 Å². The fourth-order valence-corrected chi connectivity index (χ4v) is 6.76. The molecule has 0 unspecified atom stereocenters. The van der Waals surface area contributed by atoms with Crippen molar-refractivity contribution in [3.05, 3.63) is 90.0 Å². The summed E-state index contributed by atoms with van der Waals surface area (Å²) in [5, 5.41) is 18.8. The normalized spacial score (nSPS) is 13.0. The Morgan fingerprint density at radius 3 is 1.62 bits per heavy atom. The van der Waals surface area contributed by atoms with Gasteiger partial charge in [0.2, 0.25) is 0 Å². The van der Waals surface area contributed by atoms with Crippen molar-refractivity contribution < 1.29 is 4.74 Å². The van der Waals surface area contributed by atoms with E-state index in [1.165, 1.54) is 86.5 Å². The minimum Gasteiger partial charge on any atom is -0.497 e. The van der Waals surface area contributed by atoms with Crippen LogP contribution in [0.5, 0.6) is 5.75 Å². The average Bonchev–Trinajstić information content (AvgIpc) is 3.37. The van der Waals surface area contributed by atoms with Crippen molar-refractivity contribution in [2.24, 2.45) is 0 Å². The molecule has 37 heavy (non-hydrogen) atoms. The number of rotatable bonds is 1. The zero-order chi connectivity index (χ0) is 25.2. The van der Waals surface area contributed by atoms with Gasteiger partial charge in [-0.15, -0.1) is 0 Å². The maximum absolute atomic E-state index is 5.64. The summed E-state index contributed by atoms with van der Waals surface area (Å²) in [6.45, 7) is 9.13. The van der Waals surface area contributed by atoms with Crippen molar-refractivity contribution >= 4 is 75.4 Å². The maximum atomic E-state index is 5.64. The minimum absolute atomic E-state index is 0.0412. The van der Waals surface area contributed by atoms with Crippen LogP contribution in [-0.2, 0) is 5.41 Å². The lowest BCUT2D eigenvalue weighted by Crippen LogP contribution is -2.10. The summed E-state index contributed by atoms with van der Waals surface area (Å²) in [5.74, 6) is 0.907. The fraction of sp³-hybridized carbons (Fsp3) is 0.167. The molecule has 0 spiro atoms. The van der Waals surface area contributed by atoms with Gasteiger partial charge in [-0.05, 0) is 130 Å². The van der Waals surface area contributed by atoms with E-state index < -0.39 is 0 Å². The van der Waals surface area contributed by atoms with E-state index in [0.717, 1.165) is 5.75 Å². The van der Waals surface area contributed by atoms with E-state index in [0.29, 0.717) is 0 Å². The molecule has 0 radical (unpaired) electrons. The number of hydrogen-bond donors (Lipinski definition) is 0. The van der Waals surface area contributed by atoms with Crippen molar-refractivity contribution in [1.29, 1.82) is 0 Å². The van der Waals surface area contributed by atoms with Gasteiger partial charge in [0.25, 0.3) is 0 Å². The summed E-state index contributed by atoms with van der Waals surface area (Å²) in [7, 11) is 1.75. The Bertz CT molecular complexity index is 2210. The number of fused-ring (bicyclic) bond motifs is 9. The lowest BCUT2D eigenvalue weighted by atomic mass is 9.83. The first-order valence-corrected chi connectivity index (χ1v) is 13.1. The topological polar surface area (TPSA) is 9.23 Å². The summed E-state index contributed by atoms with van der Waals surface area (Å²) in [5.41, 5.74) is 2.71. The van der Waals surface area contributed by atoms with Crippen molar-refractivity contribution in [3.63, 3.8) is 0 Å². The molecule has 0 saturated heterocycles. The molecule has 1 heteroatoms. The molecule has 0 aromatic heterocycles. The lowest BCUT2D eigenvalue weighted by molar-refractivity contribution is 0.415. The van der Waals surface area contributed by atoms with Crippen LogP contribution >= 0.6 is 0 Å². The highest BCUT2D eigenvalue weighted by Crippen LogP contribution is 2.48. The molecule has 0 fully saturated rings. The Hall–Kier alpha value is -4.10. The minimum atomic E-state index is 0.0412. The standard InChI is InChI=1S/C36H28O/c1-19-9-11-22-26(13-19)24-7-6-8-25-28-17-33-23-12-10-21(37-5)16-27(23)30-14-20(36(2,3)4)15-31(35(30)33)29(28)18-32(22)34(24)25/h6-18H,1-5H3. The van der Waals surface area contributed by atoms with Crippen molar-refractivity contribution in [1.82, 2.24) is 0 Å². The van der Waals surface area contributed by atoms with Crippen LogP contribution in [0.15, 0.2) is 78.9 Å². The third-order valence-corrected chi connectivity index (χ3v) is 8.62.